The molecule has 0 spiro atoms. The van der Waals surface area contributed by atoms with Gasteiger partial charge in [-0.1, -0.05) is 24.3 Å². The molecule has 1 amide bonds. The third kappa shape index (κ3) is 8.98. The highest BCUT2D eigenvalue weighted by atomic mass is 16.5. The van der Waals surface area contributed by atoms with Gasteiger partial charge in [-0.2, -0.15) is 0 Å². The standard InChI is InChI=1S/C26H34N2O5/c1-28(18-15-21-11-14-23(31-2)24(19-21)32-3)17-6-16-27-25(29)8-5-7-20-9-12-22(13-10-20)26(30)33-4/h5,8-14,19H,6-7,15-18H2,1-4H3,(H,27,29)/b8-5+. The Labute approximate surface area is 196 Å². The predicted octanol–water partition coefficient (Wildman–Crippen LogP) is 3.27. The van der Waals surface area contributed by atoms with Gasteiger partial charge in [0.25, 0.3) is 0 Å². The highest BCUT2D eigenvalue weighted by Gasteiger charge is 2.06. The minimum Gasteiger partial charge on any atom is -0.493 e. The van der Waals surface area contributed by atoms with Crippen LogP contribution in [0.25, 0.3) is 0 Å². The van der Waals surface area contributed by atoms with E-state index >= 15 is 0 Å². The molecule has 0 radical (unpaired) electrons. The molecule has 0 heterocycles. The number of benzene rings is 2. The summed E-state index contributed by atoms with van der Waals surface area (Å²) in [7, 11) is 6.71. The summed E-state index contributed by atoms with van der Waals surface area (Å²) in [4.78, 5) is 25.7. The zero-order valence-corrected chi connectivity index (χ0v) is 19.9. The maximum absolute atomic E-state index is 12.0. The predicted molar refractivity (Wildman–Crippen MR) is 129 cm³/mol. The van der Waals surface area contributed by atoms with Crippen LogP contribution in [-0.4, -0.2) is 64.8 Å². The van der Waals surface area contributed by atoms with Gasteiger partial charge in [0, 0.05) is 13.1 Å². The molecule has 0 aliphatic rings. The molecule has 7 nitrogen and oxygen atoms in total. The Morgan fingerprint density at radius 1 is 0.939 bits per heavy atom. The molecule has 0 unspecified atom stereocenters. The molecule has 0 aliphatic heterocycles. The SMILES string of the molecule is COC(=O)c1ccc(C/C=C/C(=O)NCCCN(C)CCc2ccc(OC)c(OC)c2)cc1. The van der Waals surface area contributed by atoms with Crippen LogP contribution in [0.5, 0.6) is 11.5 Å². The first-order valence-electron chi connectivity index (χ1n) is 11.0. The van der Waals surface area contributed by atoms with Gasteiger partial charge >= 0.3 is 5.97 Å². The normalized spacial score (nSPS) is 10.9. The summed E-state index contributed by atoms with van der Waals surface area (Å²) < 4.78 is 15.3. The summed E-state index contributed by atoms with van der Waals surface area (Å²) in [5, 5.41) is 2.91. The Bertz CT molecular complexity index is 925. The number of carbonyl (C=O) groups excluding carboxylic acids is 2. The van der Waals surface area contributed by atoms with Gasteiger partial charge in [-0.25, -0.2) is 4.79 Å². The van der Waals surface area contributed by atoms with E-state index in [0.29, 0.717) is 18.5 Å². The smallest absolute Gasteiger partial charge is 0.337 e. The fourth-order valence-electron chi connectivity index (χ4n) is 3.28. The summed E-state index contributed by atoms with van der Waals surface area (Å²) in [5.41, 5.74) is 2.72. The van der Waals surface area contributed by atoms with Crippen molar-refractivity contribution in [1.29, 1.82) is 0 Å². The van der Waals surface area contributed by atoms with E-state index in [1.807, 2.05) is 30.3 Å². The number of rotatable bonds is 13. The number of esters is 1. The van der Waals surface area contributed by atoms with Gasteiger partial charge in [0.2, 0.25) is 5.91 Å². The molecular formula is C26H34N2O5. The highest BCUT2D eigenvalue weighted by Crippen LogP contribution is 2.27. The minimum atomic E-state index is -0.358. The van der Waals surface area contributed by atoms with Gasteiger partial charge in [-0.05, 0) is 74.3 Å². The molecule has 2 aromatic carbocycles. The third-order valence-electron chi connectivity index (χ3n) is 5.24. The summed E-state index contributed by atoms with van der Waals surface area (Å²) in [6, 6.07) is 13.1. The van der Waals surface area contributed by atoms with E-state index in [-0.39, 0.29) is 11.9 Å². The van der Waals surface area contributed by atoms with E-state index in [4.69, 9.17) is 9.47 Å². The first kappa shape index (κ1) is 25.9. The minimum absolute atomic E-state index is 0.103. The lowest BCUT2D eigenvalue weighted by Crippen LogP contribution is -2.28. The fraction of sp³-hybridized carbons (Fsp3) is 0.385. The number of amides is 1. The van der Waals surface area contributed by atoms with Gasteiger partial charge in [0.05, 0.1) is 26.9 Å². The van der Waals surface area contributed by atoms with Crippen LogP contribution < -0.4 is 14.8 Å². The lowest BCUT2D eigenvalue weighted by atomic mass is 10.1. The Balaban J connectivity index is 1.62. The van der Waals surface area contributed by atoms with Gasteiger partial charge in [0.15, 0.2) is 11.5 Å². The maximum Gasteiger partial charge on any atom is 0.337 e. The van der Waals surface area contributed by atoms with Crippen molar-refractivity contribution in [3.63, 3.8) is 0 Å². The summed E-state index contributed by atoms with van der Waals surface area (Å²) >= 11 is 0. The van der Waals surface area contributed by atoms with Gasteiger partial charge < -0.3 is 24.4 Å². The molecule has 2 rings (SSSR count). The number of allylic oxidation sites excluding steroid dienone is 1. The Kier molecular flexibility index (Phi) is 11.0. The van der Waals surface area contributed by atoms with Crippen molar-refractivity contribution in [2.24, 2.45) is 0 Å². The van der Waals surface area contributed by atoms with Crippen molar-refractivity contribution in [3.8, 4) is 11.5 Å². The van der Waals surface area contributed by atoms with Crippen molar-refractivity contribution >= 4 is 11.9 Å². The molecule has 1 N–H and O–H groups in total. The molecule has 178 valence electrons. The van der Waals surface area contributed by atoms with Crippen molar-refractivity contribution in [3.05, 3.63) is 71.3 Å². The van der Waals surface area contributed by atoms with Crippen LogP contribution in [0, 0.1) is 0 Å². The van der Waals surface area contributed by atoms with Crippen LogP contribution in [0.15, 0.2) is 54.6 Å². The van der Waals surface area contributed by atoms with Crippen molar-refractivity contribution in [2.75, 3.05) is 48.0 Å². The second kappa shape index (κ2) is 14.0. The molecule has 0 aromatic heterocycles. The monoisotopic (exact) mass is 454 g/mol. The molecule has 0 saturated heterocycles. The van der Waals surface area contributed by atoms with E-state index in [0.717, 1.165) is 43.0 Å². The average Bonchev–Trinajstić information content (AvgIpc) is 2.85. The quantitative estimate of drug-likeness (QED) is 0.284. The zero-order chi connectivity index (χ0) is 24.1. The van der Waals surface area contributed by atoms with Crippen molar-refractivity contribution in [2.45, 2.75) is 19.3 Å². The third-order valence-corrected chi connectivity index (χ3v) is 5.24. The van der Waals surface area contributed by atoms with Crippen molar-refractivity contribution in [1.82, 2.24) is 10.2 Å². The van der Waals surface area contributed by atoms with Crippen LogP contribution in [0.2, 0.25) is 0 Å². The van der Waals surface area contributed by atoms with Crippen LogP contribution in [0.4, 0.5) is 0 Å². The second-order valence-electron chi connectivity index (χ2n) is 7.68. The molecule has 0 fully saturated rings. The number of methoxy groups -OCH3 is 3. The Morgan fingerprint density at radius 2 is 1.64 bits per heavy atom. The number of ether oxygens (including phenoxy) is 3. The Hall–Kier alpha value is -3.32. The van der Waals surface area contributed by atoms with Crippen molar-refractivity contribution < 1.29 is 23.8 Å². The van der Waals surface area contributed by atoms with Gasteiger partial charge in [0.1, 0.15) is 0 Å². The highest BCUT2D eigenvalue weighted by molar-refractivity contribution is 5.89. The van der Waals surface area contributed by atoms with Crippen LogP contribution >= 0.6 is 0 Å². The van der Waals surface area contributed by atoms with E-state index in [1.165, 1.54) is 12.7 Å². The van der Waals surface area contributed by atoms with E-state index in [1.54, 1.807) is 32.4 Å². The van der Waals surface area contributed by atoms with Crippen LogP contribution in [0.1, 0.15) is 27.9 Å². The lowest BCUT2D eigenvalue weighted by molar-refractivity contribution is -0.116. The van der Waals surface area contributed by atoms with Gasteiger partial charge in [-0.3, -0.25) is 4.79 Å². The topological polar surface area (TPSA) is 77.1 Å². The summed E-state index contributed by atoms with van der Waals surface area (Å²) in [6.07, 6.45) is 5.77. The van der Waals surface area contributed by atoms with E-state index in [9.17, 15) is 9.59 Å². The first-order valence-corrected chi connectivity index (χ1v) is 11.0. The zero-order valence-electron chi connectivity index (χ0n) is 19.9. The number of hydrogen-bond acceptors (Lipinski definition) is 6. The molecule has 0 saturated carbocycles. The molecule has 0 bridgehead atoms. The van der Waals surface area contributed by atoms with Crippen LogP contribution in [0.3, 0.4) is 0 Å². The molecule has 2 aromatic rings. The molecule has 0 atom stereocenters. The second-order valence-corrected chi connectivity index (χ2v) is 7.68. The lowest BCUT2D eigenvalue weighted by Gasteiger charge is -2.17. The Morgan fingerprint density at radius 3 is 2.30 bits per heavy atom. The largest absolute Gasteiger partial charge is 0.493 e. The molecule has 0 aliphatic carbocycles. The molecule has 7 heteroatoms. The van der Waals surface area contributed by atoms with Crippen LogP contribution in [-0.2, 0) is 22.4 Å². The summed E-state index contributed by atoms with van der Waals surface area (Å²) in [6.45, 7) is 2.43. The summed E-state index contributed by atoms with van der Waals surface area (Å²) in [5.74, 6) is 1.01. The molecule has 33 heavy (non-hydrogen) atoms. The van der Waals surface area contributed by atoms with Gasteiger partial charge in [-0.15, -0.1) is 0 Å². The first-order chi connectivity index (χ1) is 16.0. The number of hydrogen-bond donors (Lipinski definition) is 1. The number of nitrogens with one attached hydrogen (secondary N) is 1. The molecular weight excluding hydrogens is 420 g/mol. The van der Waals surface area contributed by atoms with E-state index < -0.39 is 0 Å². The average molecular weight is 455 g/mol. The number of carbonyl (C=O) groups is 2. The van der Waals surface area contributed by atoms with E-state index in [2.05, 4.69) is 28.1 Å². The fourth-order valence-corrected chi connectivity index (χ4v) is 3.28. The number of likely N-dealkylation sites (N-methyl/N-ethyl adjacent to an activating group) is 1. The number of nitrogens with zero attached hydrogens (tertiary/aromatic N) is 1. The maximum atomic E-state index is 12.0.